The van der Waals surface area contributed by atoms with Crippen molar-refractivity contribution in [3.8, 4) is 11.4 Å². The van der Waals surface area contributed by atoms with E-state index in [2.05, 4.69) is 0 Å². The molecule has 3 aromatic rings. The molecule has 4 nitrogen and oxygen atoms in total. The van der Waals surface area contributed by atoms with Crippen LogP contribution in [0.5, 0.6) is 0 Å². The lowest BCUT2D eigenvalue weighted by atomic mass is 10.1. The number of hydrogen-bond donors (Lipinski definition) is 1. The lowest BCUT2D eigenvalue weighted by Gasteiger charge is -2.14. The minimum atomic E-state index is -0.0397. The van der Waals surface area contributed by atoms with Gasteiger partial charge in [-0.3, -0.25) is 9.36 Å². The van der Waals surface area contributed by atoms with Gasteiger partial charge in [0.15, 0.2) is 0 Å². The van der Waals surface area contributed by atoms with Gasteiger partial charge in [0, 0.05) is 17.1 Å². The molecule has 0 unspecified atom stereocenters. The van der Waals surface area contributed by atoms with Crippen LogP contribution >= 0.6 is 11.6 Å². The Morgan fingerprint density at radius 1 is 1.22 bits per heavy atom. The first kappa shape index (κ1) is 15.7. The second kappa shape index (κ2) is 6.52. The van der Waals surface area contributed by atoms with Crippen molar-refractivity contribution < 1.29 is 0 Å². The third-order valence-electron chi connectivity index (χ3n) is 3.78. The number of hydrogen-bond acceptors (Lipinski definition) is 3. The molecule has 23 heavy (non-hydrogen) atoms. The Morgan fingerprint density at radius 2 is 2.04 bits per heavy atom. The predicted molar refractivity (Wildman–Crippen MR) is 94.9 cm³/mol. The van der Waals surface area contributed by atoms with Crippen molar-refractivity contribution in [3.63, 3.8) is 0 Å². The minimum Gasteiger partial charge on any atom is -0.330 e. The Balaban J connectivity index is 2.30. The molecule has 0 spiro atoms. The van der Waals surface area contributed by atoms with Crippen LogP contribution in [0.25, 0.3) is 22.3 Å². The first-order chi connectivity index (χ1) is 11.1. The molecule has 0 saturated heterocycles. The van der Waals surface area contributed by atoms with Crippen molar-refractivity contribution in [3.05, 3.63) is 63.4 Å². The lowest BCUT2D eigenvalue weighted by Crippen LogP contribution is -2.24. The van der Waals surface area contributed by atoms with E-state index < -0.39 is 0 Å². The van der Waals surface area contributed by atoms with Gasteiger partial charge in [-0.2, -0.15) is 0 Å². The van der Waals surface area contributed by atoms with Gasteiger partial charge in [0.2, 0.25) is 0 Å². The van der Waals surface area contributed by atoms with Gasteiger partial charge in [-0.15, -0.1) is 0 Å². The van der Waals surface area contributed by atoms with Gasteiger partial charge in [0.25, 0.3) is 5.56 Å². The fourth-order valence-electron chi connectivity index (χ4n) is 2.64. The van der Waals surface area contributed by atoms with Crippen molar-refractivity contribution in [1.29, 1.82) is 0 Å². The highest BCUT2D eigenvalue weighted by Crippen LogP contribution is 2.22. The molecule has 2 aromatic carbocycles. The van der Waals surface area contributed by atoms with Crippen LogP contribution in [0.15, 0.2) is 47.3 Å². The van der Waals surface area contributed by atoms with E-state index in [0.717, 1.165) is 11.1 Å². The molecule has 5 heteroatoms. The Hall–Kier alpha value is -2.17. The molecular formula is C18H18ClN3O. The van der Waals surface area contributed by atoms with E-state index in [-0.39, 0.29) is 5.56 Å². The zero-order chi connectivity index (χ0) is 16.4. The summed E-state index contributed by atoms with van der Waals surface area (Å²) in [4.78, 5) is 17.6. The van der Waals surface area contributed by atoms with Crippen molar-refractivity contribution in [2.75, 3.05) is 6.54 Å². The van der Waals surface area contributed by atoms with E-state index in [9.17, 15) is 4.79 Å². The zero-order valence-electron chi connectivity index (χ0n) is 12.9. The molecule has 0 aliphatic rings. The summed E-state index contributed by atoms with van der Waals surface area (Å²) >= 11 is 6.10. The highest BCUT2D eigenvalue weighted by Gasteiger charge is 2.13. The molecule has 0 bridgehead atoms. The van der Waals surface area contributed by atoms with Crippen LogP contribution in [-0.4, -0.2) is 16.1 Å². The number of nitrogens with two attached hydrogens (primary N) is 1. The Labute approximate surface area is 139 Å². The van der Waals surface area contributed by atoms with Crippen LogP contribution in [0.3, 0.4) is 0 Å². The van der Waals surface area contributed by atoms with Crippen molar-refractivity contribution in [1.82, 2.24) is 9.55 Å². The standard InChI is InChI=1S/C18H18ClN3O/c1-12-6-7-16-15(10-12)18(23)22(9-3-8-20)17(21-16)13-4-2-5-14(19)11-13/h2,4-7,10-11H,3,8-9,20H2,1H3. The normalized spacial score (nSPS) is 11.1. The van der Waals surface area contributed by atoms with Crippen molar-refractivity contribution >= 4 is 22.5 Å². The smallest absolute Gasteiger partial charge is 0.261 e. The summed E-state index contributed by atoms with van der Waals surface area (Å²) in [5.41, 5.74) is 8.14. The number of rotatable bonds is 4. The largest absolute Gasteiger partial charge is 0.330 e. The molecule has 1 heterocycles. The Kier molecular flexibility index (Phi) is 4.46. The average Bonchev–Trinajstić information content (AvgIpc) is 2.54. The maximum absolute atomic E-state index is 12.9. The van der Waals surface area contributed by atoms with Crippen molar-refractivity contribution in [2.45, 2.75) is 19.9 Å². The molecular weight excluding hydrogens is 310 g/mol. The fourth-order valence-corrected chi connectivity index (χ4v) is 2.83. The van der Waals surface area contributed by atoms with E-state index >= 15 is 0 Å². The number of aromatic nitrogens is 2. The Morgan fingerprint density at radius 3 is 2.78 bits per heavy atom. The van der Waals surface area contributed by atoms with Gasteiger partial charge in [-0.1, -0.05) is 35.4 Å². The molecule has 0 amide bonds. The highest BCUT2D eigenvalue weighted by atomic mass is 35.5. The summed E-state index contributed by atoms with van der Waals surface area (Å²) in [5.74, 6) is 0.627. The molecule has 3 rings (SSSR count). The SMILES string of the molecule is Cc1ccc2nc(-c3cccc(Cl)c3)n(CCCN)c(=O)c2c1. The number of benzene rings is 2. The van der Waals surface area contributed by atoms with Gasteiger partial charge in [0.1, 0.15) is 5.82 Å². The van der Waals surface area contributed by atoms with E-state index in [1.165, 1.54) is 0 Å². The number of halogens is 1. The summed E-state index contributed by atoms with van der Waals surface area (Å²) in [5, 5.41) is 1.25. The van der Waals surface area contributed by atoms with Crippen LogP contribution in [0.1, 0.15) is 12.0 Å². The summed E-state index contributed by atoms with van der Waals surface area (Å²) in [7, 11) is 0. The average molecular weight is 328 g/mol. The fraction of sp³-hybridized carbons (Fsp3) is 0.222. The van der Waals surface area contributed by atoms with Crippen LogP contribution in [-0.2, 0) is 6.54 Å². The maximum atomic E-state index is 12.9. The molecule has 0 radical (unpaired) electrons. The molecule has 0 aliphatic carbocycles. The summed E-state index contributed by atoms with van der Waals surface area (Å²) in [6, 6.07) is 13.1. The maximum Gasteiger partial charge on any atom is 0.261 e. The van der Waals surface area contributed by atoms with E-state index in [1.807, 2.05) is 43.3 Å². The molecule has 1 aromatic heterocycles. The zero-order valence-corrected chi connectivity index (χ0v) is 13.7. The molecule has 0 aliphatic heterocycles. The van der Waals surface area contributed by atoms with Gasteiger partial charge < -0.3 is 5.73 Å². The van der Waals surface area contributed by atoms with Crippen LogP contribution in [0.4, 0.5) is 0 Å². The molecule has 2 N–H and O–H groups in total. The Bertz CT molecular complexity index is 918. The van der Waals surface area contributed by atoms with Crippen LogP contribution < -0.4 is 11.3 Å². The van der Waals surface area contributed by atoms with Gasteiger partial charge in [-0.05, 0) is 44.2 Å². The third kappa shape index (κ3) is 3.14. The van der Waals surface area contributed by atoms with Crippen molar-refractivity contribution in [2.24, 2.45) is 5.73 Å². The van der Waals surface area contributed by atoms with Crippen LogP contribution in [0.2, 0.25) is 5.02 Å². The first-order valence-corrected chi connectivity index (χ1v) is 7.95. The number of aryl methyl sites for hydroxylation is 1. The highest BCUT2D eigenvalue weighted by molar-refractivity contribution is 6.30. The van der Waals surface area contributed by atoms with Gasteiger partial charge in [0.05, 0.1) is 10.9 Å². The number of nitrogens with zero attached hydrogens (tertiary/aromatic N) is 2. The van der Waals surface area contributed by atoms with Crippen LogP contribution in [0, 0.1) is 6.92 Å². The molecule has 118 valence electrons. The molecule has 0 fully saturated rings. The minimum absolute atomic E-state index is 0.0397. The molecule has 0 atom stereocenters. The second-order valence-corrected chi connectivity index (χ2v) is 6.00. The second-order valence-electron chi connectivity index (χ2n) is 5.57. The lowest BCUT2D eigenvalue weighted by molar-refractivity contribution is 0.632. The van der Waals surface area contributed by atoms with E-state index in [0.29, 0.717) is 41.3 Å². The summed E-state index contributed by atoms with van der Waals surface area (Å²) in [6.45, 7) is 3.02. The number of fused-ring (bicyclic) bond motifs is 1. The monoisotopic (exact) mass is 327 g/mol. The van der Waals surface area contributed by atoms with Gasteiger partial charge in [-0.25, -0.2) is 4.98 Å². The van der Waals surface area contributed by atoms with E-state index in [4.69, 9.17) is 22.3 Å². The third-order valence-corrected chi connectivity index (χ3v) is 4.01. The molecule has 0 saturated carbocycles. The van der Waals surface area contributed by atoms with E-state index in [1.54, 1.807) is 10.6 Å². The predicted octanol–water partition coefficient (Wildman–Crippen LogP) is 3.37. The van der Waals surface area contributed by atoms with Gasteiger partial charge >= 0.3 is 0 Å². The first-order valence-electron chi connectivity index (χ1n) is 7.57. The quantitative estimate of drug-likeness (QED) is 0.799. The topological polar surface area (TPSA) is 60.9 Å². The summed E-state index contributed by atoms with van der Waals surface area (Å²) in [6.07, 6.45) is 0.715. The summed E-state index contributed by atoms with van der Waals surface area (Å²) < 4.78 is 1.69.